The first kappa shape index (κ1) is 24.6. The third-order valence-electron chi connectivity index (χ3n) is 3.67. The zero-order valence-electron chi connectivity index (χ0n) is 16.5. The molecular weight excluding hydrogens is 445 g/mol. The van der Waals surface area contributed by atoms with Crippen LogP contribution < -0.4 is 5.32 Å². The van der Waals surface area contributed by atoms with Gasteiger partial charge in [0.25, 0.3) is 0 Å². The van der Waals surface area contributed by atoms with Gasteiger partial charge in [-0.2, -0.15) is 13.2 Å². The van der Waals surface area contributed by atoms with Crippen molar-refractivity contribution in [3.8, 4) is 0 Å². The Labute approximate surface area is 177 Å². The number of alkyl halides is 3. The van der Waals surface area contributed by atoms with Crippen molar-refractivity contribution in [1.29, 1.82) is 0 Å². The second-order valence-electron chi connectivity index (χ2n) is 5.74. The Morgan fingerprint density at radius 3 is 1.86 bits per heavy atom. The van der Waals surface area contributed by atoms with Crippen molar-refractivity contribution in [1.82, 2.24) is 15.0 Å². The number of halogens is 4. The van der Waals surface area contributed by atoms with Gasteiger partial charge in [0.15, 0.2) is 0 Å². The average molecular weight is 469 g/mol. The van der Waals surface area contributed by atoms with Gasteiger partial charge in [-0.25, -0.2) is 4.98 Å². The summed E-state index contributed by atoms with van der Waals surface area (Å²) in [6.45, 7) is 3.98. The highest BCUT2D eigenvalue weighted by Gasteiger charge is 2.31. The highest BCUT2D eigenvalue weighted by atomic mass is 79.9. The molecule has 0 amide bonds. The van der Waals surface area contributed by atoms with Crippen LogP contribution in [0.4, 0.5) is 18.9 Å². The summed E-state index contributed by atoms with van der Waals surface area (Å²) in [5.41, 5.74) is 2.30. The molecule has 0 fully saturated rings. The van der Waals surface area contributed by atoms with Crippen LogP contribution in [-0.4, -0.2) is 22.0 Å². The molecule has 0 bridgehead atoms. The van der Waals surface area contributed by atoms with E-state index in [2.05, 4.69) is 49.2 Å². The third kappa shape index (κ3) is 10.0. The Balaban J connectivity index is 0.000000223. The highest BCUT2D eigenvalue weighted by molar-refractivity contribution is 9.10. The summed E-state index contributed by atoms with van der Waals surface area (Å²) in [5.74, 6) is 0. The van der Waals surface area contributed by atoms with Gasteiger partial charge in [0.1, 0.15) is 10.3 Å². The van der Waals surface area contributed by atoms with E-state index in [9.17, 15) is 13.2 Å². The van der Waals surface area contributed by atoms with Gasteiger partial charge >= 0.3 is 6.18 Å². The molecule has 156 valence electrons. The van der Waals surface area contributed by atoms with E-state index in [0.717, 1.165) is 28.3 Å². The fourth-order valence-corrected chi connectivity index (χ4v) is 2.16. The van der Waals surface area contributed by atoms with E-state index in [1.54, 1.807) is 12.4 Å². The van der Waals surface area contributed by atoms with Crippen LogP contribution in [0.5, 0.6) is 0 Å². The van der Waals surface area contributed by atoms with Crippen LogP contribution in [0.25, 0.3) is 0 Å². The molecule has 1 N–H and O–H groups in total. The van der Waals surface area contributed by atoms with Crippen LogP contribution in [0, 0.1) is 0 Å². The topological polar surface area (TPSA) is 50.7 Å². The fourth-order valence-electron chi connectivity index (χ4n) is 1.93. The van der Waals surface area contributed by atoms with E-state index < -0.39 is 11.9 Å². The maximum atomic E-state index is 12.0. The lowest BCUT2D eigenvalue weighted by molar-refractivity contribution is -0.141. The Morgan fingerprint density at radius 1 is 0.897 bits per heavy atom. The first-order valence-corrected chi connectivity index (χ1v) is 9.79. The zero-order chi connectivity index (χ0) is 21.7. The average Bonchev–Trinajstić information content (AvgIpc) is 2.75. The maximum absolute atomic E-state index is 12.0. The third-order valence-corrected chi connectivity index (χ3v) is 4.14. The van der Waals surface area contributed by atoms with Crippen molar-refractivity contribution < 1.29 is 13.2 Å². The monoisotopic (exact) mass is 468 g/mol. The Hall–Kier alpha value is -2.48. The summed E-state index contributed by atoms with van der Waals surface area (Å²) < 4.78 is 36.8. The van der Waals surface area contributed by atoms with E-state index in [1.807, 2.05) is 38.4 Å². The van der Waals surface area contributed by atoms with E-state index >= 15 is 0 Å². The van der Waals surface area contributed by atoms with E-state index in [1.165, 1.54) is 17.8 Å². The molecule has 4 nitrogen and oxygen atoms in total. The Kier molecular flexibility index (Phi) is 10.9. The molecule has 8 heteroatoms. The molecule has 29 heavy (non-hydrogen) atoms. The second kappa shape index (κ2) is 12.9. The first-order valence-electron chi connectivity index (χ1n) is 9.00. The maximum Gasteiger partial charge on any atom is 0.433 e. The summed E-state index contributed by atoms with van der Waals surface area (Å²) in [6, 6.07) is 10.3. The zero-order valence-corrected chi connectivity index (χ0v) is 18.1. The van der Waals surface area contributed by atoms with Crippen molar-refractivity contribution in [3.05, 3.63) is 82.6 Å². The van der Waals surface area contributed by atoms with Gasteiger partial charge in [-0.1, -0.05) is 26.0 Å². The molecule has 0 aliphatic heterocycles. The van der Waals surface area contributed by atoms with Crippen molar-refractivity contribution >= 4 is 21.6 Å². The molecular formula is C21H24BrF3N4. The number of hydrogen-bond acceptors (Lipinski definition) is 4. The van der Waals surface area contributed by atoms with E-state index in [4.69, 9.17) is 0 Å². The number of nitrogens with one attached hydrogen (secondary N) is 1. The number of aromatic nitrogens is 3. The number of nitrogens with zero attached hydrogens (tertiary/aromatic N) is 3. The van der Waals surface area contributed by atoms with Gasteiger partial charge in [0, 0.05) is 31.8 Å². The molecule has 0 unspecified atom stereocenters. The summed E-state index contributed by atoms with van der Waals surface area (Å²) in [7, 11) is 1.87. The predicted octanol–water partition coefficient (Wildman–Crippen LogP) is 6.19. The van der Waals surface area contributed by atoms with Crippen LogP contribution >= 0.6 is 15.9 Å². The van der Waals surface area contributed by atoms with Gasteiger partial charge in [0.2, 0.25) is 0 Å². The quantitative estimate of drug-likeness (QED) is 0.465. The molecule has 0 aromatic carbocycles. The molecule has 3 rings (SSSR count). The van der Waals surface area contributed by atoms with Crippen LogP contribution in [0.1, 0.15) is 30.7 Å². The lowest BCUT2D eigenvalue weighted by Gasteiger charge is -2.04. The van der Waals surface area contributed by atoms with Gasteiger partial charge < -0.3 is 5.32 Å². The summed E-state index contributed by atoms with van der Waals surface area (Å²) in [5, 5.41) is 2.96. The summed E-state index contributed by atoms with van der Waals surface area (Å²) >= 11 is 3.26. The van der Waals surface area contributed by atoms with Crippen LogP contribution in [0.3, 0.4) is 0 Å². The minimum atomic E-state index is -4.33. The molecule has 0 radical (unpaired) electrons. The molecule has 0 saturated heterocycles. The number of anilines is 1. The van der Waals surface area contributed by atoms with Crippen LogP contribution in [-0.2, 0) is 19.0 Å². The second-order valence-corrected chi connectivity index (χ2v) is 6.55. The molecule has 0 spiro atoms. The van der Waals surface area contributed by atoms with Crippen molar-refractivity contribution in [2.75, 3.05) is 12.4 Å². The van der Waals surface area contributed by atoms with Crippen LogP contribution in [0.15, 0.2) is 65.8 Å². The molecule has 0 saturated carbocycles. The normalized spacial score (nSPS) is 10.2. The van der Waals surface area contributed by atoms with Gasteiger partial charge in [-0.3, -0.25) is 9.97 Å². The largest absolute Gasteiger partial charge is 0.433 e. The standard InChI is InChI=1S/C8H8F3N.C7H8BrN.C6H8N2/c1-2-6-3-4-7(12-5-6)8(9,10)11;1-2-6-3-4-7(8)9-5-6;1-7-6-3-2-4-8-5-6/h3-5H,2H2,1H3;3-5H,2H2,1H3;2-5,7H,1H3. The van der Waals surface area contributed by atoms with Crippen molar-refractivity contribution in [3.63, 3.8) is 0 Å². The Morgan fingerprint density at radius 2 is 1.52 bits per heavy atom. The molecule has 3 aromatic rings. The summed E-state index contributed by atoms with van der Waals surface area (Å²) in [4.78, 5) is 11.3. The SMILES string of the molecule is CCc1ccc(Br)nc1.CCc1ccc(C(F)(F)F)nc1.CNc1cccnc1. The summed E-state index contributed by atoms with van der Waals surface area (Å²) in [6.07, 6.45) is 4.09. The van der Waals surface area contributed by atoms with Gasteiger partial charge in [0.05, 0.1) is 5.69 Å². The molecule has 0 aliphatic rings. The van der Waals surface area contributed by atoms with Crippen LogP contribution in [0.2, 0.25) is 0 Å². The van der Waals surface area contributed by atoms with Gasteiger partial charge in [-0.05, 0) is 64.2 Å². The predicted molar refractivity (Wildman–Crippen MR) is 114 cm³/mol. The lowest BCUT2D eigenvalue weighted by Crippen LogP contribution is -2.07. The van der Waals surface area contributed by atoms with Crippen molar-refractivity contribution in [2.24, 2.45) is 0 Å². The van der Waals surface area contributed by atoms with E-state index in [-0.39, 0.29) is 0 Å². The van der Waals surface area contributed by atoms with Gasteiger partial charge in [-0.15, -0.1) is 0 Å². The van der Waals surface area contributed by atoms with E-state index in [0.29, 0.717) is 6.42 Å². The number of hydrogen-bond donors (Lipinski definition) is 1. The number of aryl methyl sites for hydroxylation is 2. The fraction of sp³-hybridized carbons (Fsp3) is 0.286. The lowest BCUT2D eigenvalue weighted by atomic mass is 10.2. The number of pyridine rings is 3. The van der Waals surface area contributed by atoms with Crippen molar-refractivity contribution in [2.45, 2.75) is 32.9 Å². The molecule has 3 aromatic heterocycles. The smallest absolute Gasteiger partial charge is 0.387 e. The minimum absolute atomic E-state index is 0.700. The minimum Gasteiger partial charge on any atom is -0.387 e. The Bertz CT molecular complexity index is 808. The first-order chi connectivity index (χ1) is 13.8. The highest BCUT2D eigenvalue weighted by Crippen LogP contribution is 2.27. The molecule has 0 atom stereocenters. The number of rotatable bonds is 3. The molecule has 3 heterocycles. The molecule has 0 aliphatic carbocycles.